The summed E-state index contributed by atoms with van der Waals surface area (Å²) in [5.41, 5.74) is 3.97. The number of carbonyl (C=O) groups is 1. The molecule has 0 unspecified atom stereocenters. The highest BCUT2D eigenvalue weighted by atomic mass is 35.5. The summed E-state index contributed by atoms with van der Waals surface area (Å²) in [7, 11) is 4.51. The van der Waals surface area contributed by atoms with Crippen LogP contribution in [0.15, 0.2) is 58.9 Å². The van der Waals surface area contributed by atoms with E-state index in [0.717, 1.165) is 27.3 Å². The van der Waals surface area contributed by atoms with Crippen LogP contribution in [0, 0.1) is 24.0 Å². The van der Waals surface area contributed by atoms with Crippen molar-refractivity contribution < 1.29 is 19.4 Å². The molecular weight excluding hydrogens is 546 g/mol. The molecule has 0 aliphatic rings. The van der Waals surface area contributed by atoms with Crippen LogP contribution in [0.4, 0.5) is 0 Å². The Balaban J connectivity index is 0.000000306. The Morgan fingerprint density at radius 3 is 2.54 bits per heavy atom. The molecule has 0 fully saturated rings. The van der Waals surface area contributed by atoms with E-state index in [1.165, 1.54) is 25.5 Å². The zero-order chi connectivity index (χ0) is 28.8. The monoisotopic (exact) mass is 575 g/mol. The van der Waals surface area contributed by atoms with Crippen molar-refractivity contribution in [1.82, 2.24) is 20.9 Å². The number of rotatable bonds is 9. The molecule has 208 valence electrons. The summed E-state index contributed by atoms with van der Waals surface area (Å²) in [4.78, 5) is 31.7. The molecule has 14 heteroatoms. The van der Waals surface area contributed by atoms with E-state index in [1.54, 1.807) is 13.2 Å². The molecule has 2 aromatic carbocycles. The highest BCUT2D eigenvalue weighted by molar-refractivity contribution is 7.15. The number of aromatic nitrogens is 1. The number of likely N-dealkylation sites (N-methyl/N-ethyl adjacent to an activating group) is 1. The summed E-state index contributed by atoms with van der Waals surface area (Å²) in [6.45, 7) is 4.75. The molecule has 0 saturated carbocycles. The van der Waals surface area contributed by atoms with Crippen LogP contribution in [0.1, 0.15) is 27.1 Å². The third kappa shape index (κ3) is 10.2. The van der Waals surface area contributed by atoms with Gasteiger partial charge in [0.1, 0.15) is 24.6 Å². The van der Waals surface area contributed by atoms with Crippen LogP contribution in [-0.2, 0) is 22.8 Å². The molecule has 0 aliphatic heterocycles. The molecule has 12 nitrogen and oxygen atoms in total. The molecule has 0 radical (unpaired) electrons. The van der Waals surface area contributed by atoms with E-state index in [-0.39, 0.29) is 17.6 Å². The number of hydrazone groups is 1. The number of nitro groups is 1. The van der Waals surface area contributed by atoms with Gasteiger partial charge in [0.2, 0.25) is 0 Å². The number of ether oxygens (including phenoxy) is 1. The highest BCUT2D eigenvalue weighted by Crippen LogP contribution is 2.22. The Hall–Kier alpha value is -4.23. The Bertz CT molecular complexity index is 1330. The van der Waals surface area contributed by atoms with Crippen molar-refractivity contribution in [3.05, 3.63) is 90.4 Å². The second-order valence-corrected chi connectivity index (χ2v) is 9.48. The molecule has 3 N–H and O–H groups in total. The summed E-state index contributed by atoms with van der Waals surface area (Å²) in [5, 5.41) is 24.1. The van der Waals surface area contributed by atoms with Crippen LogP contribution in [-0.4, -0.2) is 48.8 Å². The first-order valence-corrected chi connectivity index (χ1v) is 12.7. The second-order valence-electron chi connectivity index (χ2n) is 7.79. The fraction of sp³-hybridized carbons (Fsp3) is 0.280. The van der Waals surface area contributed by atoms with Gasteiger partial charge in [0.15, 0.2) is 15.2 Å². The molecule has 0 bridgehead atoms. The predicted molar refractivity (Wildman–Crippen MR) is 152 cm³/mol. The highest BCUT2D eigenvalue weighted by Gasteiger charge is 2.17. The van der Waals surface area contributed by atoms with Crippen LogP contribution >= 0.6 is 22.9 Å². The van der Waals surface area contributed by atoms with Crippen LogP contribution < -0.4 is 20.7 Å². The van der Waals surface area contributed by atoms with E-state index in [1.807, 2.05) is 56.3 Å². The maximum atomic E-state index is 12.1. The molecule has 1 aromatic heterocycles. The molecule has 1 amide bonds. The molecule has 0 spiro atoms. The summed E-state index contributed by atoms with van der Waals surface area (Å²) in [6, 6.07) is 13.6. The smallest absolute Gasteiger partial charge is 0.273 e. The molecular formula is C25H30ClN7O5S. The minimum Gasteiger partial charge on any atom is -0.489 e. The topological polar surface area (TPSA) is 152 Å². The second kappa shape index (κ2) is 15.9. The maximum Gasteiger partial charge on any atom is 0.273 e. The lowest BCUT2D eigenvalue weighted by Crippen LogP contribution is -2.34. The number of guanidine groups is 1. The van der Waals surface area contributed by atoms with Gasteiger partial charge in [-0.05, 0) is 36.6 Å². The van der Waals surface area contributed by atoms with Gasteiger partial charge in [0.25, 0.3) is 11.9 Å². The quantitative estimate of drug-likeness (QED) is 0.151. The lowest BCUT2D eigenvalue weighted by Gasteiger charge is -2.13. The Kier molecular flexibility index (Phi) is 12.6. The molecule has 39 heavy (non-hydrogen) atoms. The average Bonchev–Trinajstić information content (AvgIpc) is 3.35. The van der Waals surface area contributed by atoms with Gasteiger partial charge in [-0.3, -0.25) is 4.79 Å². The normalized spacial score (nSPS) is 11.1. The van der Waals surface area contributed by atoms with E-state index >= 15 is 0 Å². The van der Waals surface area contributed by atoms with Crippen molar-refractivity contribution in [3.8, 4) is 5.75 Å². The van der Waals surface area contributed by atoms with Crippen LogP contribution in [0.3, 0.4) is 0 Å². The third-order valence-corrected chi connectivity index (χ3v) is 6.11. The lowest BCUT2D eigenvalue weighted by molar-refractivity contribution is -0.485. The lowest BCUT2D eigenvalue weighted by atomic mass is 10.0. The summed E-state index contributed by atoms with van der Waals surface area (Å²) >= 11 is 6.92. The zero-order valence-corrected chi connectivity index (χ0v) is 23.7. The number of benzene rings is 2. The van der Waals surface area contributed by atoms with Crippen LogP contribution in [0.2, 0.25) is 4.47 Å². The molecule has 3 aromatic rings. The number of halogens is 1. The Labute approximate surface area is 235 Å². The van der Waals surface area contributed by atoms with Gasteiger partial charge in [-0.25, -0.2) is 15.1 Å². The van der Waals surface area contributed by atoms with Gasteiger partial charge in [-0.15, -0.1) is 11.3 Å². The van der Waals surface area contributed by atoms with Gasteiger partial charge in [0, 0.05) is 30.7 Å². The van der Waals surface area contributed by atoms with E-state index in [0.29, 0.717) is 23.2 Å². The first-order valence-electron chi connectivity index (χ1n) is 11.5. The van der Waals surface area contributed by atoms with Gasteiger partial charge in [0.05, 0.1) is 6.54 Å². The number of nitrogens with zero attached hydrogens (tertiary/aromatic N) is 4. The minimum absolute atomic E-state index is 0.0875. The summed E-state index contributed by atoms with van der Waals surface area (Å²) in [6.07, 6.45) is 1.60. The predicted octanol–water partition coefficient (Wildman–Crippen LogP) is 3.63. The van der Waals surface area contributed by atoms with E-state index in [9.17, 15) is 14.9 Å². The van der Waals surface area contributed by atoms with Crippen molar-refractivity contribution in [3.63, 3.8) is 0 Å². The number of carbonyl (C=O) groups excluding carboxylic acids is 1. The molecule has 3 rings (SSSR count). The molecule has 0 atom stereocenters. The first kappa shape index (κ1) is 31.0. The van der Waals surface area contributed by atoms with E-state index in [2.05, 4.69) is 31.2 Å². The number of hydrogen-bond donors (Lipinski definition) is 3. The fourth-order valence-corrected chi connectivity index (χ4v) is 4.03. The van der Waals surface area contributed by atoms with Gasteiger partial charge < -0.3 is 25.5 Å². The first-order chi connectivity index (χ1) is 18.7. The van der Waals surface area contributed by atoms with Crippen molar-refractivity contribution >= 4 is 40.5 Å². The average molecular weight is 576 g/mol. The largest absolute Gasteiger partial charge is 0.489 e. The summed E-state index contributed by atoms with van der Waals surface area (Å²) < 4.78 is 6.39. The standard InChI is InChI=1S/C19H22N2O3.C6H8ClN5O2S/c1-13-9-10-14(2)17(11-13)24-12-15-7-5-6-8-16(15)18(21-23-4)19(22)20-3;1-8-6(11-12(13)14)10-3-4-2-9-5(7)15-4/h5-11H,12H2,1-4H3,(H,20,22);2H,3H2,1H3,(H2,8,10,11)/b21-18+;. The zero-order valence-electron chi connectivity index (χ0n) is 22.1. The molecule has 1 heterocycles. The number of hydrogen-bond acceptors (Lipinski definition) is 8. The van der Waals surface area contributed by atoms with Gasteiger partial charge >= 0.3 is 0 Å². The van der Waals surface area contributed by atoms with Gasteiger partial charge in [-0.1, -0.05) is 53.2 Å². The number of oxime groups is 1. The van der Waals surface area contributed by atoms with Crippen LogP contribution in [0.5, 0.6) is 5.75 Å². The van der Waals surface area contributed by atoms with Crippen molar-refractivity contribution in [2.24, 2.45) is 10.3 Å². The Morgan fingerprint density at radius 1 is 1.18 bits per heavy atom. The number of nitrogens with one attached hydrogen (secondary N) is 3. The Morgan fingerprint density at radius 2 is 1.92 bits per heavy atom. The molecule has 0 saturated heterocycles. The van der Waals surface area contributed by atoms with Crippen molar-refractivity contribution in [1.29, 1.82) is 0 Å². The fourth-order valence-electron chi connectivity index (χ4n) is 3.11. The van der Waals surface area contributed by atoms with E-state index in [4.69, 9.17) is 21.2 Å². The van der Waals surface area contributed by atoms with Crippen molar-refractivity contribution in [2.45, 2.75) is 27.0 Å². The number of amides is 1. The maximum absolute atomic E-state index is 12.1. The molecule has 0 aliphatic carbocycles. The minimum atomic E-state index is -0.779. The van der Waals surface area contributed by atoms with Crippen LogP contribution in [0.25, 0.3) is 0 Å². The third-order valence-electron chi connectivity index (χ3n) is 5.00. The van der Waals surface area contributed by atoms with Crippen molar-refractivity contribution in [2.75, 3.05) is 21.2 Å². The van der Waals surface area contributed by atoms with Gasteiger partial charge in [-0.2, -0.15) is 0 Å². The number of aryl methyl sites for hydroxylation is 2. The van der Waals surface area contributed by atoms with E-state index < -0.39 is 5.03 Å². The SMILES string of the molecule is CN/C(=N\[N+](=O)[O-])NCc1cnc(Cl)s1.CNC(=O)/C(=N/OC)c1ccccc1COc1cc(C)ccc1C. The number of thiazole rings is 1. The summed E-state index contributed by atoms with van der Waals surface area (Å²) in [5.74, 6) is 0.607.